The van der Waals surface area contributed by atoms with Crippen molar-refractivity contribution in [2.24, 2.45) is 0 Å². The second-order valence-corrected chi connectivity index (χ2v) is 12.7. The minimum atomic E-state index is -0.187. The maximum absolute atomic E-state index is 13.6. The summed E-state index contributed by atoms with van der Waals surface area (Å²) in [5, 5.41) is 6.83. The van der Waals surface area contributed by atoms with Gasteiger partial charge in [-0.25, -0.2) is 0 Å². The van der Waals surface area contributed by atoms with Crippen LogP contribution in [0.4, 0.5) is 5.69 Å². The highest BCUT2D eigenvalue weighted by Gasteiger charge is 2.26. The zero-order valence-corrected chi connectivity index (χ0v) is 27.7. The van der Waals surface area contributed by atoms with Crippen LogP contribution < -0.4 is 16.2 Å². The van der Waals surface area contributed by atoms with Crippen LogP contribution in [0.3, 0.4) is 0 Å². The predicted molar refractivity (Wildman–Crippen MR) is 177 cm³/mol. The van der Waals surface area contributed by atoms with Crippen LogP contribution in [-0.4, -0.2) is 41.0 Å². The van der Waals surface area contributed by atoms with Gasteiger partial charge in [-0.2, -0.15) is 0 Å². The van der Waals surface area contributed by atoms with E-state index in [1.807, 2.05) is 26.0 Å². The number of H-pyrrole nitrogens is 1. The Morgan fingerprint density at radius 2 is 1.83 bits per heavy atom. The lowest BCUT2D eigenvalue weighted by molar-refractivity contribution is 0.0950. The van der Waals surface area contributed by atoms with Crippen LogP contribution in [0.15, 0.2) is 33.0 Å². The number of aromatic amines is 1. The molecule has 0 aliphatic carbocycles. The topological polar surface area (TPSA) is 77.2 Å². The molecule has 2 aromatic rings. The highest BCUT2D eigenvalue weighted by Crippen LogP contribution is 2.31. The molecule has 1 fully saturated rings. The van der Waals surface area contributed by atoms with Gasteiger partial charge in [0.15, 0.2) is 0 Å². The Balaban J connectivity index is 1.79. The molecular formula is C34H51BrN4O2. The average molecular weight is 628 g/mol. The number of hydrogen-bond acceptors (Lipinski definition) is 4. The van der Waals surface area contributed by atoms with Crippen molar-refractivity contribution in [2.45, 2.75) is 118 Å². The molecule has 2 heterocycles. The molecule has 1 aliphatic heterocycles. The smallest absolute Gasteiger partial charge is 0.253 e. The van der Waals surface area contributed by atoms with E-state index in [2.05, 4.69) is 76.3 Å². The van der Waals surface area contributed by atoms with Crippen LogP contribution in [-0.2, 0) is 6.54 Å². The van der Waals surface area contributed by atoms with Gasteiger partial charge in [-0.1, -0.05) is 74.0 Å². The van der Waals surface area contributed by atoms with Crippen molar-refractivity contribution in [3.63, 3.8) is 0 Å². The molecule has 3 rings (SSSR count). The molecule has 1 saturated heterocycles. The number of hydrogen-bond donors (Lipinski definition) is 3. The summed E-state index contributed by atoms with van der Waals surface area (Å²) >= 11 is 3.66. The van der Waals surface area contributed by atoms with Gasteiger partial charge in [-0.05, 0) is 76.6 Å². The lowest BCUT2D eigenvalue weighted by atomic mass is 9.96. The van der Waals surface area contributed by atoms with E-state index in [0.29, 0.717) is 23.2 Å². The third-order valence-electron chi connectivity index (χ3n) is 8.43. The third kappa shape index (κ3) is 9.57. The van der Waals surface area contributed by atoms with Gasteiger partial charge < -0.3 is 20.5 Å². The fourth-order valence-corrected chi connectivity index (χ4v) is 6.35. The number of carbonyl (C=O) groups is 1. The molecule has 7 heteroatoms. The van der Waals surface area contributed by atoms with Gasteiger partial charge in [0.25, 0.3) is 11.5 Å². The number of aryl methyl sites for hydroxylation is 2. The largest absolute Gasteiger partial charge is 0.382 e. The summed E-state index contributed by atoms with van der Waals surface area (Å²) in [6.07, 6.45) is 13.0. The van der Waals surface area contributed by atoms with E-state index in [1.165, 1.54) is 44.1 Å². The fourth-order valence-electron chi connectivity index (χ4n) is 5.90. The number of piperidine rings is 1. The number of amides is 1. The summed E-state index contributed by atoms with van der Waals surface area (Å²) < 4.78 is 0.859. The minimum Gasteiger partial charge on any atom is -0.382 e. The number of carbonyl (C=O) groups excluding carboxylic acids is 1. The van der Waals surface area contributed by atoms with Crippen LogP contribution in [0.1, 0.15) is 118 Å². The first-order chi connectivity index (χ1) is 19.7. The summed E-state index contributed by atoms with van der Waals surface area (Å²) in [5.41, 5.74) is 5.82. The molecule has 0 radical (unpaired) electrons. The Morgan fingerprint density at radius 1 is 1.10 bits per heavy atom. The SMILES string of the molecule is CCCCCC(CCC)N1CCC(Nc2cc(Br)cc(C(=O)NCc3c(C)cc(C)[nH]c3=O)c2C=C(C)CC)CC1. The van der Waals surface area contributed by atoms with Gasteiger partial charge in [0, 0.05) is 64.3 Å². The van der Waals surface area contributed by atoms with Crippen molar-refractivity contribution in [3.8, 4) is 0 Å². The Bertz CT molecular complexity index is 1240. The Labute approximate surface area is 255 Å². The Morgan fingerprint density at radius 3 is 2.46 bits per heavy atom. The summed E-state index contributed by atoms with van der Waals surface area (Å²) in [7, 11) is 0. The van der Waals surface area contributed by atoms with Crippen LogP contribution in [0.2, 0.25) is 0 Å². The van der Waals surface area contributed by atoms with Crippen molar-refractivity contribution < 1.29 is 4.79 Å². The molecule has 0 saturated carbocycles. The second kappa shape index (κ2) is 16.3. The first-order valence-corrected chi connectivity index (χ1v) is 16.4. The lowest BCUT2D eigenvalue weighted by Gasteiger charge is -2.38. The van der Waals surface area contributed by atoms with E-state index in [4.69, 9.17) is 0 Å². The summed E-state index contributed by atoms with van der Waals surface area (Å²) in [4.78, 5) is 31.7. The number of halogens is 1. The fraction of sp³-hybridized carbons (Fsp3) is 0.588. The zero-order valence-electron chi connectivity index (χ0n) is 26.1. The molecule has 6 nitrogen and oxygen atoms in total. The molecule has 226 valence electrons. The normalized spacial score (nSPS) is 15.6. The summed E-state index contributed by atoms with van der Waals surface area (Å²) in [6, 6.07) is 6.97. The molecule has 0 spiro atoms. The van der Waals surface area contributed by atoms with Crippen LogP contribution >= 0.6 is 15.9 Å². The van der Waals surface area contributed by atoms with Crippen molar-refractivity contribution in [1.82, 2.24) is 15.2 Å². The first-order valence-electron chi connectivity index (χ1n) is 15.7. The number of nitrogens with zero attached hydrogens (tertiary/aromatic N) is 1. The van der Waals surface area contributed by atoms with Crippen molar-refractivity contribution in [3.05, 3.63) is 66.5 Å². The molecule has 0 bridgehead atoms. The van der Waals surface area contributed by atoms with Gasteiger partial charge in [-0.15, -0.1) is 0 Å². The van der Waals surface area contributed by atoms with Crippen LogP contribution in [0.5, 0.6) is 0 Å². The third-order valence-corrected chi connectivity index (χ3v) is 8.88. The van der Waals surface area contributed by atoms with Crippen LogP contribution in [0.25, 0.3) is 6.08 Å². The molecular weight excluding hydrogens is 576 g/mol. The van der Waals surface area contributed by atoms with Gasteiger partial charge in [-0.3, -0.25) is 9.59 Å². The van der Waals surface area contributed by atoms with E-state index >= 15 is 0 Å². The summed E-state index contributed by atoms with van der Waals surface area (Å²) in [5.74, 6) is -0.187. The van der Waals surface area contributed by atoms with Crippen molar-refractivity contribution >= 4 is 33.6 Å². The second-order valence-electron chi connectivity index (χ2n) is 11.8. The number of unbranched alkanes of at least 4 members (excludes halogenated alkanes) is 2. The average Bonchev–Trinajstić information content (AvgIpc) is 2.93. The summed E-state index contributed by atoms with van der Waals surface area (Å²) in [6.45, 7) is 15.0. The van der Waals surface area contributed by atoms with Gasteiger partial charge in [0.05, 0.1) is 0 Å². The molecule has 1 amide bonds. The zero-order chi connectivity index (χ0) is 29.9. The molecule has 1 unspecified atom stereocenters. The van der Waals surface area contributed by atoms with Gasteiger partial charge in [0.2, 0.25) is 0 Å². The minimum absolute atomic E-state index is 0.153. The van der Waals surface area contributed by atoms with Crippen molar-refractivity contribution in [2.75, 3.05) is 18.4 Å². The molecule has 1 atom stereocenters. The molecule has 1 aromatic heterocycles. The number of anilines is 1. The monoisotopic (exact) mass is 626 g/mol. The predicted octanol–water partition coefficient (Wildman–Crippen LogP) is 8.12. The highest BCUT2D eigenvalue weighted by molar-refractivity contribution is 9.10. The molecule has 1 aromatic carbocycles. The van der Waals surface area contributed by atoms with Crippen LogP contribution in [0, 0.1) is 13.8 Å². The Hall–Kier alpha value is -2.38. The molecule has 1 aliphatic rings. The maximum Gasteiger partial charge on any atom is 0.253 e. The number of nitrogens with one attached hydrogen (secondary N) is 3. The van der Waals surface area contributed by atoms with E-state index in [-0.39, 0.29) is 18.0 Å². The van der Waals surface area contributed by atoms with E-state index in [0.717, 1.165) is 59.3 Å². The first kappa shape index (κ1) is 33.1. The van der Waals surface area contributed by atoms with E-state index in [1.54, 1.807) is 0 Å². The maximum atomic E-state index is 13.6. The van der Waals surface area contributed by atoms with E-state index in [9.17, 15) is 9.59 Å². The number of aromatic nitrogens is 1. The number of pyridine rings is 1. The number of benzene rings is 1. The highest BCUT2D eigenvalue weighted by atomic mass is 79.9. The molecule has 3 N–H and O–H groups in total. The number of likely N-dealkylation sites (tertiary alicyclic amines) is 1. The Kier molecular flexibility index (Phi) is 13.2. The number of rotatable bonds is 14. The standard InChI is InChI=1S/C34H51BrN4O2/c1-7-10-11-13-28(12-8-2)39-16-14-27(15-17-39)38-32-21-26(35)20-30(29(32)18-23(4)9-3)33(40)36-22-31-24(5)19-25(6)37-34(31)41/h18-21,27-28,38H,7-17,22H2,1-6H3,(H,36,40)(H,37,41). The lowest BCUT2D eigenvalue weighted by Crippen LogP contribution is -2.44. The van der Waals surface area contributed by atoms with Gasteiger partial charge >= 0.3 is 0 Å². The van der Waals surface area contributed by atoms with Gasteiger partial charge in [0.1, 0.15) is 0 Å². The van der Waals surface area contributed by atoms with E-state index < -0.39 is 0 Å². The quantitative estimate of drug-likeness (QED) is 0.185. The van der Waals surface area contributed by atoms with Crippen molar-refractivity contribution in [1.29, 1.82) is 0 Å². The molecule has 41 heavy (non-hydrogen) atoms. The number of allylic oxidation sites excluding steroid dienone is 1.